The van der Waals surface area contributed by atoms with Crippen molar-refractivity contribution in [2.75, 3.05) is 18.4 Å². The molecule has 1 amide bonds. The summed E-state index contributed by atoms with van der Waals surface area (Å²) in [4.78, 5) is 22.0. The number of para-hydroxylation sites is 1. The van der Waals surface area contributed by atoms with Crippen molar-refractivity contribution >= 4 is 56.2 Å². The maximum absolute atomic E-state index is 13.1. The van der Waals surface area contributed by atoms with Crippen LogP contribution in [0.15, 0.2) is 42.5 Å². The van der Waals surface area contributed by atoms with Crippen molar-refractivity contribution in [1.29, 1.82) is 0 Å². The average molecular weight is 512 g/mol. The number of benzene rings is 2. The Morgan fingerprint density at radius 3 is 2.76 bits per heavy atom. The highest BCUT2D eigenvalue weighted by atomic mass is 35.5. The van der Waals surface area contributed by atoms with Gasteiger partial charge in [0.25, 0.3) is 0 Å². The Kier molecular flexibility index (Phi) is 7.73. The highest BCUT2D eigenvalue weighted by Gasteiger charge is 2.27. The molecule has 0 fully saturated rings. The van der Waals surface area contributed by atoms with Crippen LogP contribution in [0.3, 0.4) is 0 Å². The molecule has 3 heterocycles. The number of halogens is 1. The number of hydrogen-bond donors (Lipinski definition) is 1. The third kappa shape index (κ3) is 5.05. The summed E-state index contributed by atoms with van der Waals surface area (Å²) < 4.78 is 1.18. The molecule has 0 saturated heterocycles. The lowest BCUT2D eigenvalue weighted by Gasteiger charge is -2.26. The topological polar surface area (TPSA) is 45.2 Å². The maximum Gasteiger partial charge on any atom is 0.229 e. The summed E-state index contributed by atoms with van der Waals surface area (Å²) in [6.07, 6.45) is 2.55. The van der Waals surface area contributed by atoms with E-state index in [1.165, 1.54) is 20.7 Å². The summed E-state index contributed by atoms with van der Waals surface area (Å²) in [5, 5.41) is 5.25. The van der Waals surface area contributed by atoms with Crippen LogP contribution in [0, 0.1) is 13.8 Å². The normalized spacial score (nSPS) is 13.5. The lowest BCUT2D eigenvalue weighted by atomic mass is 10.0. The van der Waals surface area contributed by atoms with Gasteiger partial charge in [0, 0.05) is 23.5 Å². The number of aryl methyl sites for hydroxylation is 2. The van der Waals surface area contributed by atoms with E-state index in [1.54, 1.807) is 22.7 Å². The summed E-state index contributed by atoms with van der Waals surface area (Å²) in [5.74, 6) is 0.0371. The molecular formula is C27H30ClN3OS2. The lowest BCUT2D eigenvalue weighted by molar-refractivity contribution is -0.115. The first-order valence-corrected chi connectivity index (χ1v) is 13.2. The Balaban J connectivity index is 0.00000274. The monoisotopic (exact) mass is 511 g/mol. The van der Waals surface area contributed by atoms with Gasteiger partial charge < -0.3 is 5.32 Å². The van der Waals surface area contributed by atoms with E-state index < -0.39 is 0 Å². The number of amides is 1. The fourth-order valence-corrected chi connectivity index (χ4v) is 7.01. The zero-order valence-electron chi connectivity index (χ0n) is 19.8. The van der Waals surface area contributed by atoms with Crippen molar-refractivity contribution in [3.8, 4) is 10.6 Å². The number of nitrogens with zero attached hydrogens (tertiary/aromatic N) is 2. The van der Waals surface area contributed by atoms with Gasteiger partial charge in [-0.3, -0.25) is 9.69 Å². The van der Waals surface area contributed by atoms with Gasteiger partial charge in [-0.1, -0.05) is 42.8 Å². The molecule has 1 N–H and O–H groups in total. The maximum atomic E-state index is 13.1. The number of fused-ring (bicyclic) bond motifs is 2. The molecule has 0 atom stereocenters. The Morgan fingerprint density at radius 1 is 1.15 bits per heavy atom. The SMILES string of the molecule is CCCN1CCc2c(sc(NC(=O)Cc3cc(C)ccc3C)c2-c2nc3ccccc3s2)C1.Cl. The number of nitrogens with one attached hydrogen (secondary N) is 1. The number of thiophene rings is 1. The van der Waals surface area contributed by atoms with Crippen molar-refractivity contribution in [3.63, 3.8) is 0 Å². The molecule has 2 aromatic carbocycles. The molecule has 0 aliphatic carbocycles. The van der Waals surface area contributed by atoms with Crippen LogP contribution in [0.5, 0.6) is 0 Å². The quantitative estimate of drug-likeness (QED) is 0.302. The van der Waals surface area contributed by atoms with Crippen LogP contribution in [-0.2, 0) is 24.2 Å². The minimum Gasteiger partial charge on any atom is -0.317 e. The Hall–Kier alpha value is -2.25. The van der Waals surface area contributed by atoms with Crippen LogP contribution < -0.4 is 5.32 Å². The number of carbonyl (C=O) groups is 1. The first kappa shape index (κ1) is 24.9. The number of carbonyl (C=O) groups excluding carboxylic acids is 1. The van der Waals surface area contributed by atoms with E-state index in [2.05, 4.69) is 67.4 Å². The van der Waals surface area contributed by atoms with Gasteiger partial charge in [-0.25, -0.2) is 4.98 Å². The van der Waals surface area contributed by atoms with E-state index in [9.17, 15) is 4.79 Å². The van der Waals surface area contributed by atoms with E-state index in [0.717, 1.165) is 64.7 Å². The highest BCUT2D eigenvalue weighted by Crippen LogP contribution is 2.45. The van der Waals surface area contributed by atoms with Crippen LogP contribution >= 0.6 is 35.1 Å². The molecule has 5 rings (SSSR count). The van der Waals surface area contributed by atoms with Gasteiger partial charge in [-0.2, -0.15) is 0 Å². The van der Waals surface area contributed by atoms with Gasteiger partial charge in [-0.15, -0.1) is 35.1 Å². The Bertz CT molecular complexity index is 1290. The molecule has 0 spiro atoms. The van der Waals surface area contributed by atoms with Crippen molar-refractivity contribution in [1.82, 2.24) is 9.88 Å². The minimum atomic E-state index is 0. The fraction of sp³-hybridized carbons (Fsp3) is 0.333. The lowest BCUT2D eigenvalue weighted by Crippen LogP contribution is -2.30. The molecular weight excluding hydrogens is 482 g/mol. The molecule has 0 unspecified atom stereocenters. The second-order valence-electron chi connectivity index (χ2n) is 8.88. The van der Waals surface area contributed by atoms with E-state index >= 15 is 0 Å². The molecule has 7 heteroatoms. The van der Waals surface area contributed by atoms with Gasteiger partial charge in [0.05, 0.1) is 16.6 Å². The van der Waals surface area contributed by atoms with E-state index in [4.69, 9.17) is 4.98 Å². The molecule has 0 bridgehead atoms. The molecule has 2 aromatic heterocycles. The highest BCUT2D eigenvalue weighted by molar-refractivity contribution is 7.22. The van der Waals surface area contributed by atoms with Crippen molar-refractivity contribution in [3.05, 3.63) is 69.6 Å². The molecule has 178 valence electrons. The zero-order valence-corrected chi connectivity index (χ0v) is 22.3. The largest absolute Gasteiger partial charge is 0.317 e. The Labute approximate surface area is 215 Å². The fourth-order valence-electron chi connectivity index (χ4n) is 4.59. The minimum absolute atomic E-state index is 0. The van der Waals surface area contributed by atoms with Crippen LogP contribution in [0.4, 0.5) is 5.00 Å². The van der Waals surface area contributed by atoms with Crippen molar-refractivity contribution < 1.29 is 4.79 Å². The smallest absolute Gasteiger partial charge is 0.229 e. The van der Waals surface area contributed by atoms with Crippen molar-refractivity contribution in [2.24, 2.45) is 0 Å². The summed E-state index contributed by atoms with van der Waals surface area (Å²) in [7, 11) is 0. The molecule has 0 saturated carbocycles. The summed E-state index contributed by atoms with van der Waals surface area (Å²) >= 11 is 3.45. The molecule has 4 aromatic rings. The van der Waals surface area contributed by atoms with Gasteiger partial charge in [0.15, 0.2) is 0 Å². The van der Waals surface area contributed by atoms with Gasteiger partial charge >= 0.3 is 0 Å². The number of thiazole rings is 1. The average Bonchev–Trinajstić information content (AvgIpc) is 3.36. The first-order valence-electron chi connectivity index (χ1n) is 11.6. The van der Waals surface area contributed by atoms with Crippen molar-refractivity contribution in [2.45, 2.75) is 46.6 Å². The third-order valence-electron chi connectivity index (χ3n) is 6.29. The van der Waals surface area contributed by atoms with Gasteiger partial charge in [0.1, 0.15) is 10.0 Å². The van der Waals surface area contributed by atoms with Crippen LogP contribution in [0.2, 0.25) is 0 Å². The van der Waals surface area contributed by atoms with Crippen LogP contribution in [0.1, 0.15) is 40.5 Å². The summed E-state index contributed by atoms with van der Waals surface area (Å²) in [5.41, 5.74) is 6.96. The van der Waals surface area contributed by atoms with Gasteiger partial charge in [0.2, 0.25) is 5.91 Å². The molecule has 4 nitrogen and oxygen atoms in total. The summed E-state index contributed by atoms with van der Waals surface area (Å²) in [6, 6.07) is 14.6. The predicted molar refractivity (Wildman–Crippen MR) is 148 cm³/mol. The molecule has 0 radical (unpaired) electrons. The first-order chi connectivity index (χ1) is 16.0. The molecule has 1 aliphatic heterocycles. The van der Waals surface area contributed by atoms with Crippen LogP contribution in [0.25, 0.3) is 20.8 Å². The predicted octanol–water partition coefficient (Wildman–Crippen LogP) is 7.01. The number of hydrogen-bond acceptors (Lipinski definition) is 5. The zero-order chi connectivity index (χ0) is 22.9. The summed E-state index contributed by atoms with van der Waals surface area (Å²) in [6.45, 7) is 9.50. The van der Waals surface area contributed by atoms with Gasteiger partial charge in [-0.05, 0) is 62.1 Å². The Morgan fingerprint density at radius 2 is 1.97 bits per heavy atom. The van der Waals surface area contributed by atoms with E-state index in [1.807, 2.05) is 6.07 Å². The van der Waals surface area contributed by atoms with E-state index in [-0.39, 0.29) is 18.3 Å². The third-order valence-corrected chi connectivity index (χ3v) is 8.48. The molecule has 34 heavy (non-hydrogen) atoms. The second kappa shape index (κ2) is 10.6. The number of aromatic nitrogens is 1. The van der Waals surface area contributed by atoms with E-state index in [0.29, 0.717) is 6.42 Å². The standard InChI is InChI=1S/C27H29N3OS2.ClH/c1-4-12-30-13-11-20-23(16-30)33-27(25(20)26-28-21-7-5-6-8-22(21)32-26)29-24(31)15-19-14-17(2)9-10-18(19)3;/h5-10,14H,4,11-13,15-16H2,1-3H3,(H,29,31);1H. The number of anilines is 1. The molecule has 1 aliphatic rings. The second-order valence-corrected chi connectivity index (χ2v) is 11.0. The van der Waals surface area contributed by atoms with Crippen LogP contribution in [-0.4, -0.2) is 28.9 Å². The number of rotatable bonds is 6.